The molecule has 0 amide bonds. The number of rotatable bonds is 10. The van der Waals surface area contributed by atoms with E-state index in [9.17, 15) is 8.42 Å². The highest BCUT2D eigenvalue weighted by atomic mass is 32.2. The van der Waals surface area contributed by atoms with Crippen molar-refractivity contribution in [2.45, 2.75) is 50.0 Å². The fourth-order valence-corrected chi connectivity index (χ4v) is 5.07. The zero-order valence-corrected chi connectivity index (χ0v) is 16.0. The number of aromatic nitrogens is 2. The lowest BCUT2D eigenvalue weighted by atomic mass is 10.2. The van der Waals surface area contributed by atoms with E-state index < -0.39 is 9.84 Å². The van der Waals surface area contributed by atoms with E-state index in [1.807, 2.05) is 11.6 Å². The first-order chi connectivity index (χ1) is 12.0. The lowest BCUT2D eigenvalue weighted by molar-refractivity contribution is 0.0930. The van der Waals surface area contributed by atoms with E-state index in [-0.39, 0.29) is 17.0 Å². The van der Waals surface area contributed by atoms with E-state index in [4.69, 9.17) is 9.47 Å². The van der Waals surface area contributed by atoms with Crippen molar-refractivity contribution in [2.75, 3.05) is 39.7 Å². The number of hydrogen-bond acceptors (Lipinski definition) is 6. The molecule has 3 rings (SSSR count). The van der Waals surface area contributed by atoms with Gasteiger partial charge in [0.2, 0.25) is 15.0 Å². The number of ether oxygens (including phenoxy) is 2. The van der Waals surface area contributed by atoms with Crippen molar-refractivity contribution in [2.24, 2.45) is 5.92 Å². The van der Waals surface area contributed by atoms with E-state index in [1.165, 1.54) is 0 Å². The summed E-state index contributed by atoms with van der Waals surface area (Å²) in [6, 6.07) is 0. The molecule has 1 aromatic rings. The predicted octanol–water partition coefficient (Wildman–Crippen LogP) is 1.32. The smallest absolute Gasteiger partial charge is 0.227 e. The monoisotopic (exact) mass is 371 g/mol. The zero-order chi connectivity index (χ0) is 17.9. The standard InChI is InChI=1S/C17H29N3O4S/c1-19(7-9-23-2)11-15-10-18-17(25(21,22)13-14-5-6-14)20(15)12-16-4-3-8-24-16/h10,14,16H,3-9,11-13H2,1-2H3/t16-/m1/s1. The largest absolute Gasteiger partial charge is 0.383 e. The van der Waals surface area contributed by atoms with E-state index in [1.54, 1.807) is 13.3 Å². The summed E-state index contributed by atoms with van der Waals surface area (Å²) in [5, 5.41) is 0.213. The minimum Gasteiger partial charge on any atom is -0.383 e. The summed E-state index contributed by atoms with van der Waals surface area (Å²) in [5.41, 5.74) is 0.920. The van der Waals surface area contributed by atoms with Crippen LogP contribution in [0.15, 0.2) is 11.4 Å². The van der Waals surface area contributed by atoms with Crippen LogP contribution in [0.2, 0.25) is 0 Å². The fraction of sp³-hybridized carbons (Fsp3) is 0.824. The molecule has 8 heteroatoms. The second kappa shape index (κ2) is 8.16. The summed E-state index contributed by atoms with van der Waals surface area (Å²) >= 11 is 0. The quantitative estimate of drug-likeness (QED) is 0.618. The fourth-order valence-electron chi connectivity index (χ4n) is 3.23. The number of hydrogen-bond donors (Lipinski definition) is 0. The lowest BCUT2D eigenvalue weighted by Gasteiger charge is -2.20. The van der Waals surface area contributed by atoms with Gasteiger partial charge in [0.05, 0.1) is 36.9 Å². The Bertz CT molecular complexity index is 663. The third-order valence-electron chi connectivity index (χ3n) is 4.85. The summed E-state index contributed by atoms with van der Waals surface area (Å²) in [5.74, 6) is 0.528. The van der Waals surface area contributed by atoms with E-state index in [2.05, 4.69) is 9.88 Å². The Hall–Kier alpha value is -0.960. The van der Waals surface area contributed by atoms with Crippen LogP contribution < -0.4 is 0 Å². The number of sulfone groups is 1. The molecule has 0 aromatic carbocycles. The van der Waals surface area contributed by atoms with E-state index in [0.717, 1.165) is 44.5 Å². The van der Waals surface area contributed by atoms with Gasteiger partial charge in [-0.1, -0.05) is 0 Å². The van der Waals surface area contributed by atoms with Crippen LogP contribution in [0.3, 0.4) is 0 Å². The second-order valence-electron chi connectivity index (χ2n) is 7.23. The first-order valence-electron chi connectivity index (χ1n) is 9.06. The minimum atomic E-state index is -3.35. The van der Waals surface area contributed by atoms with Crippen molar-refractivity contribution < 1.29 is 17.9 Å². The molecule has 2 heterocycles. The molecule has 0 radical (unpaired) electrons. The molecular formula is C17H29N3O4S. The first-order valence-corrected chi connectivity index (χ1v) is 10.7. The molecule has 142 valence electrons. The average molecular weight is 372 g/mol. The van der Waals surface area contributed by atoms with Crippen LogP contribution in [0.4, 0.5) is 0 Å². The molecule has 1 aliphatic carbocycles. The first kappa shape index (κ1) is 18.8. The van der Waals surface area contributed by atoms with Crippen LogP contribution in [0, 0.1) is 5.92 Å². The molecule has 1 aliphatic heterocycles. The Labute approximate surface area is 150 Å². The molecule has 1 atom stereocenters. The molecular weight excluding hydrogens is 342 g/mol. The maximum absolute atomic E-state index is 12.8. The third kappa shape index (κ3) is 5.03. The van der Waals surface area contributed by atoms with E-state index in [0.29, 0.717) is 25.6 Å². The van der Waals surface area contributed by atoms with Gasteiger partial charge in [0.25, 0.3) is 0 Å². The molecule has 1 aromatic heterocycles. The summed E-state index contributed by atoms with van der Waals surface area (Å²) in [6.07, 6.45) is 5.81. The average Bonchev–Trinajstić information content (AvgIpc) is 3.06. The molecule has 2 aliphatic rings. The SMILES string of the molecule is COCCN(C)Cc1cnc(S(=O)(=O)CC2CC2)n1C[C@H]1CCCO1. The molecule has 25 heavy (non-hydrogen) atoms. The normalized spacial score (nSPS) is 21.3. The van der Waals surface area contributed by atoms with Gasteiger partial charge >= 0.3 is 0 Å². The number of likely N-dealkylation sites (N-methyl/N-ethyl adjacent to an activating group) is 1. The maximum Gasteiger partial charge on any atom is 0.227 e. The highest BCUT2D eigenvalue weighted by Gasteiger charge is 2.33. The van der Waals surface area contributed by atoms with Crippen LogP contribution in [-0.2, 0) is 32.4 Å². The van der Waals surface area contributed by atoms with Gasteiger partial charge in [-0.3, -0.25) is 4.90 Å². The summed E-state index contributed by atoms with van der Waals surface area (Å²) in [7, 11) is 0.331. The number of nitrogens with zero attached hydrogens (tertiary/aromatic N) is 3. The van der Waals surface area contributed by atoms with Gasteiger partial charge in [-0.25, -0.2) is 13.4 Å². The molecule has 0 bridgehead atoms. The van der Waals surface area contributed by atoms with E-state index >= 15 is 0 Å². The topological polar surface area (TPSA) is 73.7 Å². The number of imidazole rings is 1. The maximum atomic E-state index is 12.8. The van der Waals surface area contributed by atoms with Crippen LogP contribution >= 0.6 is 0 Å². The Kier molecular flexibility index (Phi) is 6.14. The van der Waals surface area contributed by atoms with Crippen molar-refractivity contribution in [1.29, 1.82) is 0 Å². The number of methoxy groups -OCH3 is 1. The Balaban J connectivity index is 1.80. The van der Waals surface area contributed by atoms with Crippen LogP contribution in [-0.4, -0.2) is 68.6 Å². The molecule has 0 unspecified atom stereocenters. The predicted molar refractivity (Wildman–Crippen MR) is 94.2 cm³/mol. The molecule has 7 nitrogen and oxygen atoms in total. The zero-order valence-electron chi connectivity index (χ0n) is 15.2. The van der Waals surface area contributed by atoms with Gasteiger partial charge in [-0.15, -0.1) is 0 Å². The van der Waals surface area contributed by atoms with Crippen molar-refractivity contribution in [3.63, 3.8) is 0 Å². The van der Waals surface area contributed by atoms with Crippen LogP contribution in [0.5, 0.6) is 0 Å². The van der Waals surface area contributed by atoms with Crippen molar-refractivity contribution >= 4 is 9.84 Å². The highest BCUT2D eigenvalue weighted by Crippen LogP contribution is 2.32. The van der Waals surface area contributed by atoms with Gasteiger partial charge in [0.1, 0.15) is 0 Å². The molecule has 1 saturated heterocycles. The lowest BCUT2D eigenvalue weighted by Crippen LogP contribution is -2.27. The van der Waals surface area contributed by atoms with Crippen molar-refractivity contribution in [1.82, 2.24) is 14.5 Å². The summed E-state index contributed by atoms with van der Waals surface area (Å²) in [6.45, 7) is 3.39. The second-order valence-corrected chi connectivity index (χ2v) is 9.16. The van der Waals surface area contributed by atoms with Gasteiger partial charge in [-0.05, 0) is 38.6 Å². The Morgan fingerprint density at radius 2 is 2.20 bits per heavy atom. The Morgan fingerprint density at radius 3 is 2.84 bits per heavy atom. The molecule has 0 spiro atoms. The van der Waals surface area contributed by atoms with Gasteiger partial charge in [-0.2, -0.15) is 0 Å². The van der Waals surface area contributed by atoms with Gasteiger partial charge in [0.15, 0.2) is 0 Å². The Morgan fingerprint density at radius 1 is 1.40 bits per heavy atom. The van der Waals surface area contributed by atoms with Gasteiger partial charge < -0.3 is 14.0 Å². The molecule has 2 fully saturated rings. The van der Waals surface area contributed by atoms with Crippen LogP contribution in [0.1, 0.15) is 31.4 Å². The van der Waals surface area contributed by atoms with Crippen molar-refractivity contribution in [3.05, 3.63) is 11.9 Å². The summed E-state index contributed by atoms with van der Waals surface area (Å²) in [4.78, 5) is 6.42. The molecule has 1 saturated carbocycles. The van der Waals surface area contributed by atoms with Gasteiger partial charge in [0, 0.05) is 26.8 Å². The molecule has 0 N–H and O–H groups in total. The minimum absolute atomic E-state index is 0.0760. The van der Waals surface area contributed by atoms with Crippen molar-refractivity contribution in [3.8, 4) is 0 Å². The van der Waals surface area contributed by atoms with Crippen LogP contribution in [0.25, 0.3) is 0 Å². The third-order valence-corrected chi connectivity index (χ3v) is 6.64. The highest BCUT2D eigenvalue weighted by molar-refractivity contribution is 7.91. The summed E-state index contributed by atoms with van der Waals surface area (Å²) < 4.78 is 38.3.